The molecule has 0 aromatic heterocycles. The summed E-state index contributed by atoms with van der Waals surface area (Å²) in [6.45, 7) is 5.89. The molecule has 0 saturated heterocycles. The predicted molar refractivity (Wildman–Crippen MR) is 81.5 cm³/mol. The molecule has 2 aliphatic carbocycles. The first kappa shape index (κ1) is 13.2. The second kappa shape index (κ2) is 5.28. The first-order valence-corrected chi connectivity index (χ1v) is 7.99. The first-order chi connectivity index (χ1) is 9.20. The molecule has 1 heteroatoms. The van der Waals surface area contributed by atoms with E-state index in [0.717, 1.165) is 12.0 Å². The molecule has 0 heterocycles. The van der Waals surface area contributed by atoms with Gasteiger partial charge in [0.05, 0.1) is 0 Å². The van der Waals surface area contributed by atoms with E-state index in [4.69, 9.17) is 0 Å². The second-order valence-corrected chi connectivity index (χ2v) is 6.93. The maximum absolute atomic E-state index is 3.81. The smallest absolute Gasteiger partial charge is 0.00807 e. The van der Waals surface area contributed by atoms with Crippen molar-refractivity contribution in [3.63, 3.8) is 0 Å². The van der Waals surface area contributed by atoms with Crippen LogP contribution in [0.2, 0.25) is 0 Å². The van der Waals surface area contributed by atoms with E-state index in [0.29, 0.717) is 5.41 Å². The lowest BCUT2D eigenvalue weighted by Gasteiger charge is -2.41. The standard InChI is InChI=1S/C18H27N/c1-14-9-11-18(12-10-14,13-19-16-7-8-16)17-6-4-3-5-15(17)2/h3-6,14,16,19H,7-13H2,1-2H3. The van der Waals surface area contributed by atoms with Gasteiger partial charge in [0.2, 0.25) is 0 Å². The molecule has 3 rings (SSSR count). The average Bonchev–Trinajstić information content (AvgIpc) is 3.24. The molecule has 2 saturated carbocycles. The Balaban J connectivity index is 1.84. The lowest BCUT2D eigenvalue weighted by Crippen LogP contribution is -2.42. The van der Waals surface area contributed by atoms with Crippen LogP contribution in [-0.2, 0) is 5.41 Å². The highest BCUT2D eigenvalue weighted by molar-refractivity contribution is 5.34. The topological polar surface area (TPSA) is 12.0 Å². The minimum Gasteiger partial charge on any atom is -0.313 e. The lowest BCUT2D eigenvalue weighted by atomic mass is 9.66. The molecule has 0 radical (unpaired) electrons. The van der Waals surface area contributed by atoms with E-state index in [1.54, 1.807) is 5.56 Å². The number of benzene rings is 1. The van der Waals surface area contributed by atoms with Crippen LogP contribution in [0.3, 0.4) is 0 Å². The van der Waals surface area contributed by atoms with Crippen LogP contribution in [-0.4, -0.2) is 12.6 Å². The quantitative estimate of drug-likeness (QED) is 0.852. The van der Waals surface area contributed by atoms with Gasteiger partial charge >= 0.3 is 0 Å². The third-order valence-corrected chi connectivity index (χ3v) is 5.25. The molecule has 0 aliphatic heterocycles. The van der Waals surface area contributed by atoms with E-state index >= 15 is 0 Å². The molecule has 1 N–H and O–H groups in total. The summed E-state index contributed by atoms with van der Waals surface area (Å²) in [5.74, 6) is 0.915. The molecule has 2 fully saturated rings. The molecule has 1 nitrogen and oxygen atoms in total. The fraction of sp³-hybridized carbons (Fsp3) is 0.667. The summed E-state index contributed by atoms with van der Waals surface area (Å²) in [7, 11) is 0. The summed E-state index contributed by atoms with van der Waals surface area (Å²) < 4.78 is 0. The van der Waals surface area contributed by atoms with Crippen LogP contribution in [0.15, 0.2) is 24.3 Å². The summed E-state index contributed by atoms with van der Waals surface area (Å²) >= 11 is 0. The van der Waals surface area contributed by atoms with E-state index in [1.807, 2.05) is 0 Å². The van der Waals surface area contributed by atoms with Crippen LogP contribution in [0.4, 0.5) is 0 Å². The first-order valence-electron chi connectivity index (χ1n) is 7.99. The van der Waals surface area contributed by atoms with Crippen LogP contribution in [0, 0.1) is 12.8 Å². The van der Waals surface area contributed by atoms with Gasteiger partial charge in [0, 0.05) is 18.0 Å². The summed E-state index contributed by atoms with van der Waals surface area (Å²) in [6.07, 6.45) is 8.28. The van der Waals surface area contributed by atoms with Crippen molar-refractivity contribution in [2.24, 2.45) is 5.92 Å². The third-order valence-electron chi connectivity index (χ3n) is 5.25. The summed E-state index contributed by atoms with van der Waals surface area (Å²) in [5.41, 5.74) is 3.49. The zero-order valence-corrected chi connectivity index (χ0v) is 12.4. The van der Waals surface area contributed by atoms with Crippen molar-refractivity contribution in [1.82, 2.24) is 5.32 Å². The molecule has 1 aromatic rings. The van der Waals surface area contributed by atoms with E-state index in [-0.39, 0.29) is 0 Å². The van der Waals surface area contributed by atoms with Crippen LogP contribution >= 0.6 is 0 Å². The normalized spacial score (nSPS) is 31.4. The summed E-state index contributed by atoms with van der Waals surface area (Å²) in [5, 5.41) is 3.81. The van der Waals surface area contributed by atoms with E-state index in [2.05, 4.69) is 43.4 Å². The monoisotopic (exact) mass is 257 g/mol. The average molecular weight is 257 g/mol. The molecular formula is C18H27N. The van der Waals surface area contributed by atoms with Gasteiger partial charge < -0.3 is 5.32 Å². The van der Waals surface area contributed by atoms with Crippen molar-refractivity contribution in [3.8, 4) is 0 Å². The summed E-state index contributed by atoms with van der Waals surface area (Å²) in [6, 6.07) is 9.87. The highest BCUT2D eigenvalue weighted by Crippen LogP contribution is 2.42. The van der Waals surface area contributed by atoms with Gasteiger partial charge in [-0.1, -0.05) is 31.2 Å². The molecule has 19 heavy (non-hydrogen) atoms. The molecule has 0 spiro atoms. The number of rotatable bonds is 4. The van der Waals surface area contributed by atoms with Gasteiger partial charge in [-0.3, -0.25) is 0 Å². The number of aryl methyl sites for hydroxylation is 1. The SMILES string of the molecule is Cc1ccccc1C1(CNC2CC2)CCC(C)CC1. The maximum Gasteiger partial charge on any atom is 0.00807 e. The minimum absolute atomic E-state index is 0.403. The largest absolute Gasteiger partial charge is 0.313 e. The van der Waals surface area contributed by atoms with Gasteiger partial charge in [-0.05, 0) is 62.5 Å². The van der Waals surface area contributed by atoms with Gasteiger partial charge in [-0.25, -0.2) is 0 Å². The Morgan fingerprint density at radius 1 is 1.11 bits per heavy atom. The number of nitrogens with one attached hydrogen (secondary N) is 1. The molecule has 0 amide bonds. The molecule has 2 aliphatic rings. The van der Waals surface area contributed by atoms with Gasteiger partial charge in [0.25, 0.3) is 0 Å². The fourth-order valence-corrected chi connectivity index (χ4v) is 3.65. The molecule has 1 aromatic carbocycles. The molecule has 0 bridgehead atoms. The highest BCUT2D eigenvalue weighted by Gasteiger charge is 2.37. The molecule has 0 atom stereocenters. The van der Waals surface area contributed by atoms with E-state index in [9.17, 15) is 0 Å². The van der Waals surface area contributed by atoms with Crippen molar-refractivity contribution < 1.29 is 0 Å². The van der Waals surface area contributed by atoms with Gasteiger partial charge in [-0.15, -0.1) is 0 Å². The third kappa shape index (κ3) is 2.86. The maximum atomic E-state index is 3.81. The Morgan fingerprint density at radius 3 is 2.42 bits per heavy atom. The molecular weight excluding hydrogens is 230 g/mol. The Hall–Kier alpha value is -0.820. The Morgan fingerprint density at radius 2 is 1.79 bits per heavy atom. The van der Waals surface area contributed by atoms with Crippen molar-refractivity contribution in [2.75, 3.05) is 6.54 Å². The lowest BCUT2D eigenvalue weighted by molar-refractivity contribution is 0.232. The molecule has 104 valence electrons. The summed E-state index contributed by atoms with van der Waals surface area (Å²) in [4.78, 5) is 0. The van der Waals surface area contributed by atoms with Crippen LogP contribution < -0.4 is 5.32 Å². The zero-order valence-electron chi connectivity index (χ0n) is 12.4. The number of hydrogen-bond donors (Lipinski definition) is 1. The van der Waals surface area contributed by atoms with E-state index in [1.165, 1.54) is 50.6 Å². The van der Waals surface area contributed by atoms with Crippen molar-refractivity contribution in [1.29, 1.82) is 0 Å². The van der Waals surface area contributed by atoms with Crippen LogP contribution in [0.25, 0.3) is 0 Å². The fourth-order valence-electron chi connectivity index (χ4n) is 3.65. The van der Waals surface area contributed by atoms with Gasteiger partial charge in [-0.2, -0.15) is 0 Å². The Labute approximate surface area is 117 Å². The van der Waals surface area contributed by atoms with Gasteiger partial charge in [0.15, 0.2) is 0 Å². The van der Waals surface area contributed by atoms with Crippen LogP contribution in [0.1, 0.15) is 56.6 Å². The predicted octanol–water partition coefficient (Wildman–Crippen LogP) is 4.19. The van der Waals surface area contributed by atoms with Crippen molar-refractivity contribution >= 4 is 0 Å². The number of hydrogen-bond acceptors (Lipinski definition) is 1. The Bertz CT molecular complexity index is 425. The van der Waals surface area contributed by atoms with E-state index < -0.39 is 0 Å². The molecule has 0 unspecified atom stereocenters. The Kier molecular flexibility index (Phi) is 3.66. The minimum atomic E-state index is 0.403. The zero-order chi connectivity index (χ0) is 13.3. The van der Waals surface area contributed by atoms with Gasteiger partial charge in [0.1, 0.15) is 0 Å². The van der Waals surface area contributed by atoms with Crippen molar-refractivity contribution in [3.05, 3.63) is 35.4 Å². The second-order valence-electron chi connectivity index (χ2n) is 6.93. The van der Waals surface area contributed by atoms with Crippen LogP contribution in [0.5, 0.6) is 0 Å². The van der Waals surface area contributed by atoms with Crippen molar-refractivity contribution in [2.45, 2.75) is 63.8 Å². The highest BCUT2D eigenvalue weighted by atomic mass is 15.0.